The summed E-state index contributed by atoms with van der Waals surface area (Å²) >= 11 is 0. The van der Waals surface area contributed by atoms with Crippen LogP contribution in [-0.4, -0.2) is 61.1 Å². The van der Waals surface area contributed by atoms with E-state index in [0.717, 1.165) is 16.4 Å². The Morgan fingerprint density at radius 3 is 2.33 bits per heavy atom. The highest BCUT2D eigenvalue weighted by Gasteiger charge is 2.32. The second kappa shape index (κ2) is 13.4. The molecule has 3 N–H and O–H groups in total. The first-order chi connectivity index (χ1) is 19.9. The lowest BCUT2D eigenvalue weighted by Crippen LogP contribution is -2.50. The third kappa shape index (κ3) is 7.87. The summed E-state index contributed by atoms with van der Waals surface area (Å²) in [5.41, 5.74) is 1.08. The minimum atomic E-state index is -4.09. The van der Waals surface area contributed by atoms with Crippen LogP contribution in [0.5, 0.6) is 17.2 Å². The summed E-state index contributed by atoms with van der Waals surface area (Å²) in [7, 11) is -4.09. The number of ether oxygens (including phenoxy) is 3. The van der Waals surface area contributed by atoms with Crippen molar-refractivity contribution >= 4 is 16.1 Å². The van der Waals surface area contributed by atoms with E-state index < -0.39 is 39.9 Å². The van der Waals surface area contributed by atoms with E-state index in [4.69, 9.17) is 14.2 Å². The lowest BCUT2D eigenvalue weighted by Gasteiger charge is -2.30. The number of amides is 1. The number of sulfonamides is 1. The van der Waals surface area contributed by atoms with Crippen molar-refractivity contribution < 1.29 is 46.4 Å². The maximum Gasteiger partial charge on any atom is 0.404 e. The van der Waals surface area contributed by atoms with E-state index in [9.17, 15) is 32.2 Å². The Kier molecular flexibility index (Phi) is 9.86. The Morgan fingerprint density at radius 1 is 0.976 bits per heavy atom. The zero-order valence-electron chi connectivity index (χ0n) is 23.0. The largest absolute Gasteiger partial charge is 0.489 e. The highest BCUT2D eigenvalue weighted by atomic mass is 32.2. The van der Waals surface area contributed by atoms with Crippen molar-refractivity contribution in [2.75, 3.05) is 19.9 Å². The number of nitrogens with zero attached hydrogens (tertiary/aromatic N) is 1. The molecule has 0 spiro atoms. The Bertz CT molecular complexity index is 1500. The quantitative estimate of drug-likeness (QED) is 0.264. The molecule has 42 heavy (non-hydrogen) atoms. The summed E-state index contributed by atoms with van der Waals surface area (Å²) in [5, 5.41) is 22.8. The molecule has 0 bridgehead atoms. The van der Waals surface area contributed by atoms with Crippen molar-refractivity contribution in [3.8, 4) is 17.2 Å². The van der Waals surface area contributed by atoms with Crippen molar-refractivity contribution in [1.82, 2.24) is 9.62 Å². The second-order valence-electron chi connectivity index (χ2n) is 10.2. The van der Waals surface area contributed by atoms with Gasteiger partial charge in [-0.25, -0.2) is 22.0 Å². The van der Waals surface area contributed by atoms with Crippen molar-refractivity contribution in [3.05, 3.63) is 83.4 Å². The number of aliphatic hydroxyl groups excluding tert-OH is 1. The van der Waals surface area contributed by atoms with E-state index in [0.29, 0.717) is 28.4 Å². The molecule has 10 nitrogen and oxygen atoms in total. The second-order valence-corrected chi connectivity index (χ2v) is 12.2. The van der Waals surface area contributed by atoms with Gasteiger partial charge in [0.15, 0.2) is 23.1 Å². The number of halogens is 2. The molecule has 0 radical (unpaired) electrons. The number of rotatable bonds is 13. The predicted octanol–water partition coefficient (Wildman–Crippen LogP) is 4.16. The smallest absolute Gasteiger partial charge is 0.404 e. The number of nitrogens with one attached hydrogen (secondary N) is 1. The summed E-state index contributed by atoms with van der Waals surface area (Å²) < 4.78 is 71.0. The predicted molar refractivity (Wildman–Crippen MR) is 148 cm³/mol. The molecule has 13 heteroatoms. The lowest BCUT2D eigenvalue weighted by atomic mass is 10.0. The van der Waals surface area contributed by atoms with Gasteiger partial charge in [0.1, 0.15) is 12.4 Å². The topological polar surface area (TPSA) is 135 Å². The first-order valence-electron chi connectivity index (χ1n) is 13.2. The first-order valence-corrected chi connectivity index (χ1v) is 14.6. The zero-order valence-corrected chi connectivity index (χ0v) is 23.8. The van der Waals surface area contributed by atoms with Crippen LogP contribution in [-0.2, 0) is 23.1 Å². The molecular weight excluding hydrogens is 574 g/mol. The van der Waals surface area contributed by atoms with E-state index in [1.807, 2.05) is 13.8 Å². The zero-order chi connectivity index (χ0) is 30.4. The van der Waals surface area contributed by atoms with Gasteiger partial charge < -0.3 is 29.7 Å². The molecule has 226 valence electrons. The van der Waals surface area contributed by atoms with Crippen LogP contribution in [0.4, 0.5) is 13.6 Å². The number of hydrogen-bond donors (Lipinski definition) is 3. The van der Waals surface area contributed by atoms with Crippen molar-refractivity contribution in [3.63, 3.8) is 0 Å². The number of carboxylic acid groups (broad SMARTS) is 1. The third-order valence-corrected chi connectivity index (χ3v) is 8.31. The Labute approximate surface area is 242 Å². The molecule has 0 unspecified atom stereocenters. The fourth-order valence-corrected chi connectivity index (χ4v) is 6.05. The van der Waals surface area contributed by atoms with E-state index in [-0.39, 0.29) is 43.7 Å². The molecule has 0 saturated carbocycles. The van der Waals surface area contributed by atoms with E-state index in [2.05, 4.69) is 5.32 Å². The monoisotopic (exact) mass is 606 g/mol. The Balaban J connectivity index is 1.46. The van der Waals surface area contributed by atoms with Gasteiger partial charge in [-0.3, -0.25) is 0 Å². The summed E-state index contributed by atoms with van der Waals surface area (Å²) in [6.07, 6.45) is -2.72. The maximum absolute atomic E-state index is 13.6. The van der Waals surface area contributed by atoms with Gasteiger partial charge in [0.05, 0.1) is 17.0 Å². The van der Waals surface area contributed by atoms with E-state index in [1.165, 1.54) is 24.3 Å². The molecule has 3 aromatic carbocycles. The normalized spacial score (nSPS) is 14.2. The number of benzene rings is 3. The van der Waals surface area contributed by atoms with E-state index >= 15 is 0 Å². The highest BCUT2D eigenvalue weighted by molar-refractivity contribution is 7.89. The van der Waals surface area contributed by atoms with Crippen LogP contribution in [0.15, 0.2) is 65.6 Å². The fraction of sp³-hybridized carbons (Fsp3) is 0.345. The van der Waals surface area contributed by atoms with Crippen molar-refractivity contribution in [2.24, 2.45) is 5.92 Å². The van der Waals surface area contributed by atoms with Crippen LogP contribution in [0, 0.1) is 17.6 Å². The van der Waals surface area contributed by atoms with Crippen molar-refractivity contribution in [1.29, 1.82) is 0 Å². The van der Waals surface area contributed by atoms with E-state index in [1.54, 1.807) is 24.3 Å². The number of carbonyl (C=O) groups is 1. The average molecular weight is 607 g/mol. The Morgan fingerprint density at radius 2 is 1.67 bits per heavy atom. The van der Waals surface area contributed by atoms with Gasteiger partial charge in [-0.1, -0.05) is 32.0 Å². The molecule has 2 atom stereocenters. The van der Waals surface area contributed by atoms with Crippen LogP contribution >= 0.6 is 0 Å². The molecule has 1 amide bonds. The average Bonchev–Trinajstić information content (AvgIpc) is 3.41. The SMILES string of the molecule is CC(C)CN(C[C@@H](O)[C@H](Cc1ccc(OCc2ccc(F)c(F)c2)cc1)NC(=O)O)S(=O)(=O)c1ccc2c(c1)OCO2. The minimum absolute atomic E-state index is 0.00197. The van der Waals surface area contributed by atoms with Gasteiger partial charge in [-0.15, -0.1) is 0 Å². The molecule has 1 heterocycles. The van der Waals surface area contributed by atoms with Crippen LogP contribution < -0.4 is 19.5 Å². The molecule has 1 aliphatic rings. The van der Waals surface area contributed by atoms with Gasteiger partial charge >= 0.3 is 6.09 Å². The molecule has 0 aliphatic carbocycles. The van der Waals surface area contributed by atoms with Crippen LogP contribution in [0.2, 0.25) is 0 Å². The Hall–Kier alpha value is -3.94. The molecule has 1 aliphatic heterocycles. The van der Waals surface area contributed by atoms with Gasteiger partial charge in [0.25, 0.3) is 0 Å². The lowest BCUT2D eigenvalue weighted by molar-refractivity contribution is 0.0980. The number of aliphatic hydroxyl groups is 1. The minimum Gasteiger partial charge on any atom is -0.489 e. The van der Waals surface area contributed by atoms with Crippen LogP contribution in [0.3, 0.4) is 0 Å². The maximum atomic E-state index is 13.6. The van der Waals surface area contributed by atoms with Crippen LogP contribution in [0.25, 0.3) is 0 Å². The summed E-state index contributed by atoms with van der Waals surface area (Å²) in [5.74, 6) is -0.861. The molecule has 3 aromatic rings. The highest BCUT2D eigenvalue weighted by Crippen LogP contribution is 2.35. The summed E-state index contributed by atoms with van der Waals surface area (Å²) in [4.78, 5) is 11.5. The molecule has 0 saturated heterocycles. The van der Waals surface area contributed by atoms with Gasteiger partial charge in [-0.05, 0) is 59.9 Å². The third-order valence-electron chi connectivity index (χ3n) is 6.48. The number of fused-ring (bicyclic) bond motifs is 1. The van der Waals surface area contributed by atoms with Gasteiger partial charge in [0, 0.05) is 19.2 Å². The number of hydrogen-bond acceptors (Lipinski definition) is 7. The standard InChI is InChI=1S/C29H32F2N2O8S/c1-18(2)14-33(42(37,38)22-8-10-27-28(13-22)41-17-40-27)15-26(34)25(32-29(35)36)12-19-3-6-21(7-4-19)39-16-20-5-9-23(30)24(31)11-20/h3-11,13,18,25-26,32,34H,12,14-17H2,1-2H3,(H,35,36)/t25-,26+/m0/s1. The molecule has 0 fully saturated rings. The van der Waals surface area contributed by atoms with Crippen molar-refractivity contribution in [2.45, 2.75) is 43.9 Å². The fourth-order valence-electron chi connectivity index (χ4n) is 4.41. The molecule has 0 aromatic heterocycles. The summed E-state index contributed by atoms with van der Waals surface area (Å²) in [6, 6.07) is 13.3. The summed E-state index contributed by atoms with van der Waals surface area (Å²) in [6.45, 7) is 3.36. The van der Waals surface area contributed by atoms with Crippen LogP contribution in [0.1, 0.15) is 25.0 Å². The van der Waals surface area contributed by atoms with Gasteiger partial charge in [0.2, 0.25) is 16.8 Å². The van der Waals surface area contributed by atoms with Gasteiger partial charge in [-0.2, -0.15) is 4.31 Å². The molecule has 4 rings (SSSR count). The first kappa shape index (κ1) is 31.0. The molecular formula is C29H32F2N2O8S.